The molecule has 1 aliphatic rings. The Morgan fingerprint density at radius 2 is 1.90 bits per heavy atom. The highest BCUT2D eigenvalue weighted by Gasteiger charge is 2.35. The standard InChI is InChI=1S/C16H23F3N2/c1-15(8-3-2-4-9-15)14(21-20)11-12-6-5-7-13(10-12)16(17,18)19/h5-7,10,14,21H,2-4,8-9,11,20H2,1H3. The molecule has 2 nitrogen and oxygen atoms in total. The molecule has 1 aromatic rings. The van der Waals surface area contributed by atoms with Crippen LogP contribution in [0.5, 0.6) is 0 Å². The summed E-state index contributed by atoms with van der Waals surface area (Å²) >= 11 is 0. The van der Waals surface area contributed by atoms with E-state index in [-0.39, 0.29) is 11.5 Å². The van der Waals surface area contributed by atoms with Crippen molar-refractivity contribution in [1.29, 1.82) is 0 Å². The van der Waals surface area contributed by atoms with Crippen LogP contribution in [0.2, 0.25) is 0 Å². The van der Waals surface area contributed by atoms with Crippen LogP contribution in [0, 0.1) is 5.41 Å². The second-order valence-corrected chi connectivity index (χ2v) is 6.34. The Morgan fingerprint density at radius 1 is 1.24 bits per heavy atom. The maximum Gasteiger partial charge on any atom is 0.416 e. The van der Waals surface area contributed by atoms with Crippen LogP contribution in [-0.4, -0.2) is 6.04 Å². The molecule has 0 aliphatic heterocycles. The van der Waals surface area contributed by atoms with Gasteiger partial charge in [0.2, 0.25) is 0 Å². The van der Waals surface area contributed by atoms with Gasteiger partial charge in [-0.15, -0.1) is 0 Å². The largest absolute Gasteiger partial charge is 0.416 e. The fourth-order valence-electron chi connectivity index (χ4n) is 3.32. The first-order valence-corrected chi connectivity index (χ1v) is 7.47. The predicted molar refractivity (Wildman–Crippen MR) is 77.5 cm³/mol. The second kappa shape index (κ2) is 6.36. The first-order valence-electron chi connectivity index (χ1n) is 7.47. The summed E-state index contributed by atoms with van der Waals surface area (Å²) in [4.78, 5) is 0. The average Bonchev–Trinajstić information content (AvgIpc) is 2.45. The molecular formula is C16H23F3N2. The first kappa shape index (κ1) is 16.3. The lowest BCUT2D eigenvalue weighted by Gasteiger charge is -2.40. The van der Waals surface area contributed by atoms with Crippen molar-refractivity contribution in [3.05, 3.63) is 35.4 Å². The smallest absolute Gasteiger partial charge is 0.271 e. The van der Waals surface area contributed by atoms with Crippen molar-refractivity contribution in [2.45, 2.75) is 57.7 Å². The van der Waals surface area contributed by atoms with Crippen molar-refractivity contribution in [3.63, 3.8) is 0 Å². The van der Waals surface area contributed by atoms with E-state index in [0.717, 1.165) is 31.7 Å². The van der Waals surface area contributed by atoms with Gasteiger partial charge in [0.15, 0.2) is 0 Å². The topological polar surface area (TPSA) is 38.0 Å². The summed E-state index contributed by atoms with van der Waals surface area (Å²) in [6.07, 6.45) is 1.93. The Balaban J connectivity index is 2.15. The van der Waals surface area contributed by atoms with Gasteiger partial charge >= 0.3 is 6.18 Å². The molecule has 0 bridgehead atoms. The van der Waals surface area contributed by atoms with Crippen LogP contribution in [0.4, 0.5) is 13.2 Å². The van der Waals surface area contributed by atoms with Crippen molar-refractivity contribution in [2.75, 3.05) is 0 Å². The van der Waals surface area contributed by atoms with E-state index in [1.807, 2.05) is 0 Å². The average molecular weight is 300 g/mol. The van der Waals surface area contributed by atoms with E-state index in [9.17, 15) is 13.2 Å². The molecule has 0 radical (unpaired) electrons. The summed E-state index contributed by atoms with van der Waals surface area (Å²) in [5.41, 5.74) is 2.98. The van der Waals surface area contributed by atoms with Gasteiger partial charge in [-0.05, 0) is 36.3 Å². The predicted octanol–water partition coefficient (Wildman–Crippen LogP) is 4.05. The van der Waals surface area contributed by atoms with E-state index < -0.39 is 11.7 Å². The van der Waals surface area contributed by atoms with Gasteiger partial charge in [-0.3, -0.25) is 11.3 Å². The van der Waals surface area contributed by atoms with Gasteiger partial charge in [-0.25, -0.2) is 0 Å². The summed E-state index contributed by atoms with van der Waals surface area (Å²) in [6.45, 7) is 2.18. The quantitative estimate of drug-likeness (QED) is 0.650. The lowest BCUT2D eigenvalue weighted by molar-refractivity contribution is -0.137. The van der Waals surface area contributed by atoms with Gasteiger partial charge in [0, 0.05) is 6.04 Å². The molecule has 5 heteroatoms. The zero-order valence-corrected chi connectivity index (χ0v) is 12.3. The number of hydrazine groups is 1. The van der Waals surface area contributed by atoms with E-state index in [4.69, 9.17) is 5.84 Å². The van der Waals surface area contributed by atoms with Gasteiger partial charge in [0.1, 0.15) is 0 Å². The minimum absolute atomic E-state index is 0.00119. The van der Waals surface area contributed by atoms with Crippen LogP contribution in [0.15, 0.2) is 24.3 Å². The zero-order valence-electron chi connectivity index (χ0n) is 12.3. The van der Waals surface area contributed by atoms with Crippen molar-refractivity contribution < 1.29 is 13.2 Å². The Kier molecular flexibility index (Phi) is 4.94. The number of nitrogens with one attached hydrogen (secondary N) is 1. The third-order valence-corrected chi connectivity index (χ3v) is 4.73. The monoisotopic (exact) mass is 300 g/mol. The van der Waals surface area contributed by atoms with E-state index >= 15 is 0 Å². The van der Waals surface area contributed by atoms with E-state index in [1.54, 1.807) is 6.07 Å². The molecule has 1 aliphatic carbocycles. The molecule has 1 aromatic carbocycles. The maximum atomic E-state index is 12.8. The third kappa shape index (κ3) is 3.98. The Hall–Kier alpha value is -1.07. The van der Waals surface area contributed by atoms with Gasteiger partial charge in [-0.2, -0.15) is 13.2 Å². The second-order valence-electron chi connectivity index (χ2n) is 6.34. The molecule has 3 N–H and O–H groups in total. The summed E-state index contributed by atoms with van der Waals surface area (Å²) in [6, 6.07) is 5.55. The highest BCUT2D eigenvalue weighted by Crippen LogP contribution is 2.40. The summed E-state index contributed by atoms with van der Waals surface area (Å²) in [7, 11) is 0. The molecule has 1 fully saturated rings. The van der Waals surface area contributed by atoms with E-state index in [0.29, 0.717) is 12.0 Å². The molecule has 1 unspecified atom stereocenters. The van der Waals surface area contributed by atoms with Crippen molar-refractivity contribution in [1.82, 2.24) is 5.43 Å². The lowest BCUT2D eigenvalue weighted by Crippen LogP contribution is -2.49. The summed E-state index contributed by atoms with van der Waals surface area (Å²) < 4.78 is 38.3. The summed E-state index contributed by atoms with van der Waals surface area (Å²) in [5.74, 6) is 5.69. The maximum absolute atomic E-state index is 12.8. The lowest BCUT2D eigenvalue weighted by atomic mass is 9.69. The van der Waals surface area contributed by atoms with Gasteiger partial charge in [-0.1, -0.05) is 44.4 Å². The van der Waals surface area contributed by atoms with Crippen molar-refractivity contribution in [2.24, 2.45) is 11.3 Å². The number of rotatable bonds is 4. The normalized spacial score (nSPS) is 20.2. The van der Waals surface area contributed by atoms with Crippen LogP contribution in [-0.2, 0) is 12.6 Å². The van der Waals surface area contributed by atoms with Gasteiger partial charge in [0.25, 0.3) is 0 Å². The fraction of sp³-hybridized carbons (Fsp3) is 0.625. The number of hydrogen-bond donors (Lipinski definition) is 2. The Labute approximate surface area is 123 Å². The molecular weight excluding hydrogens is 277 g/mol. The molecule has 2 rings (SSSR count). The molecule has 21 heavy (non-hydrogen) atoms. The van der Waals surface area contributed by atoms with Gasteiger partial charge < -0.3 is 0 Å². The SMILES string of the molecule is CC1(C(Cc2cccc(C(F)(F)F)c2)NN)CCCCC1. The molecule has 0 aromatic heterocycles. The highest BCUT2D eigenvalue weighted by molar-refractivity contribution is 5.26. The summed E-state index contributed by atoms with van der Waals surface area (Å²) in [5, 5.41) is 0. The molecule has 0 heterocycles. The first-order chi connectivity index (χ1) is 9.85. The van der Waals surface area contributed by atoms with Crippen LogP contribution < -0.4 is 11.3 Å². The molecule has 1 saturated carbocycles. The highest BCUT2D eigenvalue weighted by atomic mass is 19.4. The fourth-order valence-corrected chi connectivity index (χ4v) is 3.32. The number of halogens is 3. The minimum Gasteiger partial charge on any atom is -0.271 e. The molecule has 1 atom stereocenters. The molecule has 0 amide bonds. The van der Waals surface area contributed by atoms with E-state index in [1.165, 1.54) is 18.6 Å². The number of alkyl halides is 3. The van der Waals surface area contributed by atoms with Gasteiger partial charge in [0.05, 0.1) is 5.56 Å². The Bertz CT molecular complexity index is 465. The van der Waals surface area contributed by atoms with Crippen LogP contribution in [0.25, 0.3) is 0 Å². The zero-order chi connectivity index (χ0) is 15.5. The van der Waals surface area contributed by atoms with Crippen molar-refractivity contribution in [3.8, 4) is 0 Å². The van der Waals surface area contributed by atoms with Crippen molar-refractivity contribution >= 4 is 0 Å². The van der Waals surface area contributed by atoms with Crippen LogP contribution in [0.1, 0.15) is 50.2 Å². The number of hydrogen-bond acceptors (Lipinski definition) is 2. The Morgan fingerprint density at radius 3 is 2.48 bits per heavy atom. The van der Waals surface area contributed by atoms with Crippen LogP contribution in [0.3, 0.4) is 0 Å². The number of nitrogens with two attached hydrogens (primary N) is 1. The molecule has 118 valence electrons. The third-order valence-electron chi connectivity index (χ3n) is 4.73. The van der Waals surface area contributed by atoms with E-state index in [2.05, 4.69) is 12.3 Å². The molecule has 0 saturated heterocycles. The molecule has 0 spiro atoms. The number of benzene rings is 1. The minimum atomic E-state index is -4.30. The van der Waals surface area contributed by atoms with Crippen LogP contribution >= 0.6 is 0 Å².